The molecule has 2 aliphatic rings. The number of hydrogen-bond acceptors (Lipinski definition) is 5. The van der Waals surface area contributed by atoms with Crippen LogP contribution in [-0.2, 0) is 14.3 Å². The molecule has 1 saturated heterocycles. The number of nitrogens with zero attached hydrogens (tertiary/aromatic N) is 1. The number of halogens is 2. The second kappa shape index (κ2) is 9.20. The molecule has 0 aromatic heterocycles. The number of likely N-dealkylation sites (N-methyl/N-ethyl adjacent to an activating group) is 1. The summed E-state index contributed by atoms with van der Waals surface area (Å²) in [5, 5.41) is 3.12. The van der Waals surface area contributed by atoms with Gasteiger partial charge >= 0.3 is 0 Å². The minimum absolute atomic E-state index is 0. The summed E-state index contributed by atoms with van der Waals surface area (Å²) in [4.78, 5) is 15.0. The third kappa shape index (κ3) is 4.42. The molecule has 150 valence electrons. The minimum atomic E-state index is -0.856. The summed E-state index contributed by atoms with van der Waals surface area (Å²) in [5.74, 6) is -0.0637. The van der Waals surface area contributed by atoms with Gasteiger partial charge in [0.25, 0.3) is 0 Å². The lowest BCUT2D eigenvalue weighted by atomic mass is 9.54. The first-order chi connectivity index (χ1) is 10.7. The predicted octanol–water partition coefficient (Wildman–Crippen LogP) is 1.59. The monoisotopic (exact) mass is 399 g/mol. The van der Waals surface area contributed by atoms with E-state index in [4.69, 9.17) is 15.2 Å². The van der Waals surface area contributed by atoms with Crippen molar-refractivity contribution >= 4 is 30.7 Å². The van der Waals surface area contributed by atoms with Gasteiger partial charge in [-0.1, -0.05) is 13.8 Å². The lowest BCUT2D eigenvalue weighted by Gasteiger charge is -2.57. The molecule has 0 aromatic rings. The summed E-state index contributed by atoms with van der Waals surface area (Å²) >= 11 is 0. The summed E-state index contributed by atoms with van der Waals surface area (Å²) in [7, 11) is 4.13. The molecule has 1 aliphatic carbocycles. The number of nitrogens with two attached hydrogens (primary N) is 1. The zero-order valence-corrected chi connectivity index (χ0v) is 17.7. The van der Waals surface area contributed by atoms with E-state index in [1.807, 2.05) is 20.8 Å². The van der Waals surface area contributed by atoms with E-state index in [2.05, 4.69) is 24.3 Å². The Balaban J connectivity index is 0.00000288. The normalized spacial score (nSPS) is 29.8. The number of nitrogens with one attached hydrogen (secondary N) is 1. The maximum absolute atomic E-state index is 12.8. The largest absolute Gasteiger partial charge is 0.381 e. The molecule has 2 fully saturated rings. The van der Waals surface area contributed by atoms with Gasteiger partial charge in [0.05, 0.1) is 6.10 Å². The van der Waals surface area contributed by atoms with Crippen molar-refractivity contribution in [2.45, 2.75) is 57.2 Å². The molecule has 2 atom stereocenters. The fourth-order valence-electron chi connectivity index (χ4n) is 3.76. The van der Waals surface area contributed by atoms with Crippen LogP contribution < -0.4 is 11.1 Å². The molecule has 0 aromatic carbocycles. The maximum atomic E-state index is 12.8. The second-order valence-corrected chi connectivity index (χ2v) is 7.75. The lowest BCUT2D eigenvalue weighted by Crippen LogP contribution is -2.76. The topological polar surface area (TPSA) is 76.8 Å². The van der Waals surface area contributed by atoms with Crippen molar-refractivity contribution in [3.63, 3.8) is 0 Å². The molecule has 1 heterocycles. The van der Waals surface area contributed by atoms with Crippen molar-refractivity contribution in [3.05, 3.63) is 0 Å². The fourth-order valence-corrected chi connectivity index (χ4v) is 3.76. The summed E-state index contributed by atoms with van der Waals surface area (Å²) in [6.07, 6.45) is 2.47. The average Bonchev–Trinajstić information content (AvgIpc) is 2.52. The SMILES string of the molecule is CCOC1CC(N)(C(=O)NCC2(N(C)C)CCOCC2)C1(C)C.Cl.Cl. The first-order valence-corrected chi connectivity index (χ1v) is 8.63. The Kier molecular flexibility index (Phi) is 9.16. The van der Waals surface area contributed by atoms with E-state index in [9.17, 15) is 4.79 Å². The van der Waals surface area contributed by atoms with E-state index < -0.39 is 5.54 Å². The molecule has 1 saturated carbocycles. The summed E-state index contributed by atoms with van der Waals surface area (Å²) in [5.41, 5.74) is 5.20. The van der Waals surface area contributed by atoms with Crippen molar-refractivity contribution in [3.8, 4) is 0 Å². The van der Waals surface area contributed by atoms with E-state index in [-0.39, 0.29) is 47.8 Å². The van der Waals surface area contributed by atoms with Crippen molar-refractivity contribution < 1.29 is 14.3 Å². The van der Waals surface area contributed by atoms with E-state index >= 15 is 0 Å². The molecule has 2 rings (SSSR count). The van der Waals surface area contributed by atoms with Gasteiger partial charge in [-0.25, -0.2) is 0 Å². The number of carbonyl (C=O) groups is 1. The van der Waals surface area contributed by atoms with Gasteiger partial charge in [-0.2, -0.15) is 0 Å². The van der Waals surface area contributed by atoms with E-state index in [1.54, 1.807) is 0 Å². The highest BCUT2D eigenvalue weighted by Crippen LogP contribution is 2.49. The zero-order valence-electron chi connectivity index (χ0n) is 16.1. The van der Waals surface area contributed by atoms with E-state index in [0.717, 1.165) is 26.1 Å². The maximum Gasteiger partial charge on any atom is 0.240 e. The van der Waals surface area contributed by atoms with Crippen molar-refractivity contribution in [2.24, 2.45) is 11.1 Å². The Labute approximate surface area is 164 Å². The van der Waals surface area contributed by atoms with Crippen molar-refractivity contribution in [1.82, 2.24) is 10.2 Å². The van der Waals surface area contributed by atoms with Gasteiger partial charge in [-0.3, -0.25) is 4.79 Å². The molecular weight excluding hydrogens is 365 g/mol. The highest BCUT2D eigenvalue weighted by atomic mass is 35.5. The van der Waals surface area contributed by atoms with Gasteiger partial charge in [0, 0.05) is 43.7 Å². The zero-order chi connectivity index (χ0) is 17.3. The van der Waals surface area contributed by atoms with Crippen LogP contribution in [0.25, 0.3) is 0 Å². The Morgan fingerprint density at radius 1 is 1.28 bits per heavy atom. The van der Waals surface area contributed by atoms with Crippen LogP contribution in [0, 0.1) is 5.41 Å². The molecule has 0 radical (unpaired) electrons. The summed E-state index contributed by atoms with van der Waals surface area (Å²) < 4.78 is 11.2. The van der Waals surface area contributed by atoms with Crippen LogP contribution in [0.3, 0.4) is 0 Å². The van der Waals surface area contributed by atoms with Crippen LogP contribution in [0.1, 0.15) is 40.0 Å². The summed E-state index contributed by atoms with van der Waals surface area (Å²) in [6, 6.07) is 0. The Bertz CT molecular complexity index is 443. The molecule has 25 heavy (non-hydrogen) atoms. The standard InChI is InChI=1S/C17H33N3O3.2ClH/c1-6-23-13-11-17(18,15(13,2)3)14(21)19-12-16(20(4)5)7-9-22-10-8-16;;/h13H,6-12,18H2,1-5H3,(H,19,21);2*1H. The first-order valence-electron chi connectivity index (χ1n) is 8.63. The smallest absolute Gasteiger partial charge is 0.240 e. The van der Waals surface area contributed by atoms with Crippen molar-refractivity contribution in [1.29, 1.82) is 0 Å². The number of ether oxygens (including phenoxy) is 2. The van der Waals surface area contributed by atoms with Crippen LogP contribution in [0.4, 0.5) is 0 Å². The second-order valence-electron chi connectivity index (χ2n) is 7.75. The van der Waals surface area contributed by atoms with E-state index in [0.29, 0.717) is 19.6 Å². The van der Waals surface area contributed by atoms with Gasteiger partial charge in [0.2, 0.25) is 5.91 Å². The third-order valence-corrected chi connectivity index (χ3v) is 6.19. The predicted molar refractivity (Wildman–Crippen MR) is 105 cm³/mol. The highest BCUT2D eigenvalue weighted by Gasteiger charge is 2.63. The van der Waals surface area contributed by atoms with Gasteiger partial charge in [0.1, 0.15) is 5.54 Å². The quantitative estimate of drug-likeness (QED) is 0.708. The van der Waals surface area contributed by atoms with Crippen LogP contribution >= 0.6 is 24.8 Å². The lowest BCUT2D eigenvalue weighted by molar-refractivity contribution is -0.171. The molecular formula is C17H35Cl2N3O3. The minimum Gasteiger partial charge on any atom is -0.381 e. The summed E-state index contributed by atoms with van der Waals surface area (Å²) in [6.45, 7) is 8.74. The number of carbonyl (C=O) groups excluding carboxylic acids is 1. The fraction of sp³-hybridized carbons (Fsp3) is 0.941. The average molecular weight is 400 g/mol. The van der Waals surface area contributed by atoms with Gasteiger partial charge in [-0.05, 0) is 33.9 Å². The van der Waals surface area contributed by atoms with Gasteiger partial charge in [-0.15, -0.1) is 24.8 Å². The Morgan fingerprint density at radius 3 is 2.28 bits per heavy atom. The molecule has 8 heteroatoms. The number of rotatable bonds is 6. The van der Waals surface area contributed by atoms with Crippen molar-refractivity contribution in [2.75, 3.05) is 40.5 Å². The third-order valence-electron chi connectivity index (χ3n) is 6.19. The van der Waals surface area contributed by atoms with Crippen LogP contribution in [0.15, 0.2) is 0 Å². The molecule has 3 N–H and O–H groups in total. The molecule has 1 aliphatic heterocycles. The Hall–Kier alpha value is -0.110. The van der Waals surface area contributed by atoms with Crippen LogP contribution in [0.5, 0.6) is 0 Å². The molecule has 2 unspecified atom stereocenters. The van der Waals surface area contributed by atoms with Gasteiger partial charge < -0.3 is 25.4 Å². The molecule has 6 nitrogen and oxygen atoms in total. The number of hydrogen-bond donors (Lipinski definition) is 2. The molecule has 0 spiro atoms. The van der Waals surface area contributed by atoms with Crippen LogP contribution in [-0.4, -0.2) is 68.4 Å². The van der Waals surface area contributed by atoms with Gasteiger partial charge in [0.15, 0.2) is 0 Å². The Morgan fingerprint density at radius 2 is 1.84 bits per heavy atom. The molecule has 0 bridgehead atoms. The van der Waals surface area contributed by atoms with E-state index in [1.165, 1.54) is 0 Å². The highest BCUT2D eigenvalue weighted by molar-refractivity contribution is 5.88. The number of amides is 1. The van der Waals surface area contributed by atoms with Crippen LogP contribution in [0.2, 0.25) is 0 Å². The first kappa shape index (κ1) is 24.9. The molecule has 1 amide bonds.